The summed E-state index contributed by atoms with van der Waals surface area (Å²) in [5.41, 5.74) is 25.1. The smallest absolute Gasteiger partial charge is 0.246 e. The topological polar surface area (TPSA) is 436 Å². The van der Waals surface area contributed by atoms with Crippen LogP contribution in [-0.4, -0.2) is 192 Å². The Morgan fingerprint density at radius 2 is 0.640 bits per heavy atom. The normalized spacial score (nSPS) is 26.0. The average Bonchev–Trinajstić information content (AvgIpc) is 1.60. The third-order valence-corrected chi connectivity index (χ3v) is 18.5. The highest BCUT2D eigenvalue weighted by Gasteiger charge is 2.44. The first-order valence-electron chi connectivity index (χ1n) is 36.2. The highest BCUT2D eigenvalue weighted by Crippen LogP contribution is 2.24. The lowest BCUT2D eigenvalue weighted by Crippen LogP contribution is -2.62. The van der Waals surface area contributed by atoms with E-state index in [1.807, 2.05) is 27.7 Å². The van der Waals surface area contributed by atoms with Crippen LogP contribution in [0.1, 0.15) is 169 Å². The fraction of sp³-hybridized carbons (Fsp3) is 0.667. The number of hydrogen-bond donors (Lipinski definition) is 14. The second kappa shape index (κ2) is 42.2. The number of carbonyl (C=O) groups excluding carboxylic acids is 12. The molecule has 12 amide bonds. The maximum Gasteiger partial charge on any atom is 0.246 e. The molecule has 12 atom stereocenters. The first-order chi connectivity index (χ1) is 47.7. The van der Waals surface area contributed by atoms with E-state index in [1.165, 1.54) is 9.80 Å². The summed E-state index contributed by atoms with van der Waals surface area (Å²) < 4.78 is 0. The van der Waals surface area contributed by atoms with E-state index in [0.717, 1.165) is 0 Å². The molecule has 0 unspecified atom stereocenters. The van der Waals surface area contributed by atoms with Crippen molar-refractivity contribution in [3.05, 3.63) is 71.8 Å². The number of hydrogen-bond acceptors (Lipinski definition) is 16. The summed E-state index contributed by atoms with van der Waals surface area (Å²) in [7, 11) is 0. The number of unbranched alkanes of at least 4 members (excludes halogenated alkanes) is 2. The lowest BCUT2D eigenvalue weighted by atomic mass is 9.99. The Labute approximate surface area is 590 Å². The Morgan fingerprint density at radius 1 is 0.340 bits per heavy atom. The van der Waals surface area contributed by atoms with Crippen molar-refractivity contribution in [2.24, 2.45) is 46.6 Å². The van der Waals surface area contributed by atoms with Gasteiger partial charge in [-0.25, -0.2) is 0 Å². The van der Waals surface area contributed by atoms with Gasteiger partial charge in [0, 0.05) is 25.9 Å². The van der Waals surface area contributed by atoms with E-state index in [4.69, 9.17) is 22.9 Å². The zero-order chi connectivity index (χ0) is 73.6. The zero-order valence-corrected chi connectivity index (χ0v) is 60.1. The van der Waals surface area contributed by atoms with Crippen LogP contribution in [0.2, 0.25) is 0 Å². The second-order valence-electron chi connectivity index (χ2n) is 28.4. The van der Waals surface area contributed by atoms with Gasteiger partial charge in [-0.1, -0.05) is 116 Å². The SMILES string of the molecule is CC(C)C[C@@H]1NC(=O)[C@H](CCCN)NC(=O)[C@H](C(C)C)NC(=O)[C@@H]2CCCN2C(=O)[C@@H](Cc2ccccc2)NC(=O)[C@H](CC(C)C)NC(=O)[C@H](CCCN)NC(=O)[C@H](C(C)C)NC(=O)[C@@H]2CCCN2C(=O)[C@H](CCCCN)NC(=O)[C@H](CCCCN)NC(=O)[C@@H](Cc2ccccc2)NC1=O. The number of nitrogens with zero attached hydrogens (tertiary/aromatic N) is 2. The van der Waals surface area contributed by atoms with Gasteiger partial charge in [-0.2, -0.15) is 0 Å². The van der Waals surface area contributed by atoms with Crippen molar-refractivity contribution in [1.82, 2.24) is 63.0 Å². The number of amides is 12. The first kappa shape index (κ1) is 82.6. The molecular formula is C72H116N16O12. The molecule has 556 valence electrons. The summed E-state index contributed by atoms with van der Waals surface area (Å²) in [5.74, 6) is -9.88. The van der Waals surface area contributed by atoms with Crippen LogP contribution >= 0.6 is 0 Å². The van der Waals surface area contributed by atoms with Crippen LogP contribution in [0.15, 0.2) is 60.7 Å². The van der Waals surface area contributed by atoms with Gasteiger partial charge in [0.1, 0.15) is 72.5 Å². The van der Waals surface area contributed by atoms with Crippen molar-refractivity contribution in [3.63, 3.8) is 0 Å². The Balaban J connectivity index is 1.62. The molecule has 0 spiro atoms. The lowest BCUT2D eigenvalue weighted by Gasteiger charge is -2.32. The number of benzene rings is 2. The third-order valence-electron chi connectivity index (χ3n) is 18.5. The largest absolute Gasteiger partial charge is 0.343 e. The minimum Gasteiger partial charge on any atom is -0.343 e. The number of nitrogens with one attached hydrogen (secondary N) is 10. The number of nitrogens with two attached hydrogens (primary N) is 4. The molecule has 18 N–H and O–H groups in total. The zero-order valence-electron chi connectivity index (χ0n) is 60.1. The molecule has 28 heteroatoms. The predicted octanol–water partition coefficient (Wildman–Crippen LogP) is 0.455. The van der Waals surface area contributed by atoms with Crippen LogP contribution < -0.4 is 76.1 Å². The van der Waals surface area contributed by atoms with Crippen LogP contribution in [0, 0.1) is 23.7 Å². The van der Waals surface area contributed by atoms with Crippen molar-refractivity contribution in [2.75, 3.05) is 39.3 Å². The van der Waals surface area contributed by atoms with Crippen molar-refractivity contribution in [1.29, 1.82) is 0 Å². The number of carbonyl (C=O) groups is 12. The molecule has 0 bridgehead atoms. The minimum absolute atomic E-state index is 0.0161. The van der Waals surface area contributed by atoms with Gasteiger partial charge in [-0.05, 0) is 164 Å². The van der Waals surface area contributed by atoms with Crippen molar-refractivity contribution < 1.29 is 57.5 Å². The molecule has 100 heavy (non-hydrogen) atoms. The molecule has 28 nitrogen and oxygen atoms in total. The van der Waals surface area contributed by atoms with Gasteiger partial charge in [0.25, 0.3) is 0 Å². The van der Waals surface area contributed by atoms with Crippen LogP contribution in [0.3, 0.4) is 0 Å². The van der Waals surface area contributed by atoms with Crippen LogP contribution in [-0.2, 0) is 70.4 Å². The summed E-state index contributed by atoms with van der Waals surface area (Å²) in [6.07, 6.45) is 3.75. The summed E-state index contributed by atoms with van der Waals surface area (Å²) in [4.78, 5) is 180. The quantitative estimate of drug-likeness (QED) is 0.0635. The van der Waals surface area contributed by atoms with Gasteiger partial charge in [0.05, 0.1) is 0 Å². The predicted molar refractivity (Wildman–Crippen MR) is 380 cm³/mol. The third kappa shape index (κ3) is 25.8. The van der Waals surface area contributed by atoms with E-state index in [9.17, 15) is 52.7 Å². The van der Waals surface area contributed by atoms with Crippen molar-refractivity contribution >= 4 is 70.9 Å². The van der Waals surface area contributed by atoms with E-state index in [-0.39, 0.29) is 128 Å². The maximum atomic E-state index is 15.1. The minimum atomic E-state index is -1.34. The van der Waals surface area contributed by atoms with E-state index < -0.39 is 155 Å². The van der Waals surface area contributed by atoms with E-state index in [1.54, 1.807) is 88.4 Å². The number of rotatable bonds is 24. The monoisotopic (exact) mass is 1400 g/mol. The molecule has 3 saturated heterocycles. The molecule has 0 radical (unpaired) electrons. The van der Waals surface area contributed by atoms with Crippen molar-refractivity contribution in [3.8, 4) is 0 Å². The Morgan fingerprint density at radius 3 is 1.02 bits per heavy atom. The summed E-state index contributed by atoms with van der Waals surface area (Å²) in [6, 6.07) is 2.89. The molecular weight excluding hydrogens is 1280 g/mol. The second-order valence-corrected chi connectivity index (χ2v) is 28.4. The first-order valence-corrected chi connectivity index (χ1v) is 36.2. The molecule has 2 aromatic rings. The van der Waals surface area contributed by atoms with Gasteiger partial charge in [-0.15, -0.1) is 0 Å². The van der Waals surface area contributed by atoms with Gasteiger partial charge in [-0.3, -0.25) is 57.5 Å². The summed E-state index contributed by atoms with van der Waals surface area (Å²) >= 11 is 0. The average molecular weight is 1400 g/mol. The van der Waals surface area contributed by atoms with Crippen LogP contribution in [0.5, 0.6) is 0 Å². The summed E-state index contributed by atoms with van der Waals surface area (Å²) in [6.45, 7) is 15.3. The molecule has 2 aromatic carbocycles. The fourth-order valence-electron chi connectivity index (χ4n) is 12.9. The highest BCUT2D eigenvalue weighted by molar-refractivity contribution is 6.00. The Hall–Kier alpha value is -8.08. The van der Waals surface area contributed by atoms with Crippen LogP contribution in [0.25, 0.3) is 0 Å². The molecule has 5 rings (SSSR count). The summed E-state index contributed by atoms with van der Waals surface area (Å²) in [5, 5.41) is 28.5. The highest BCUT2D eigenvalue weighted by atomic mass is 16.2. The molecule has 3 heterocycles. The number of fused-ring (bicyclic) bond motifs is 2. The van der Waals surface area contributed by atoms with Gasteiger partial charge in [0.15, 0.2) is 0 Å². The lowest BCUT2D eigenvalue weighted by molar-refractivity contribution is -0.143. The molecule has 3 fully saturated rings. The standard InChI is InChI=1S/C72H116N16O12/c1-43(2)39-53-64(92)83-55(41-47-23-11-9-12-24-47)66(94)77-49(27-15-17-33-73)61(89)80-52(28-16-18-34-74)71(99)87-37-21-31-57(87)67(95)85-59(45(5)6)69(97)79-51(30-20-36-76)63(91)82-54(40-44(3)4)65(93)84-56(42-48-25-13-10-14-26-48)72(100)88-38-22-32-58(88)68(96)86-60(46(7)8)70(98)78-50(29-19-35-75)62(90)81-53/h9-14,23-26,43-46,49-60H,15-22,27-42,73-76H2,1-8H3,(H,77,94)(H,78,98)(H,79,97)(H,80,89)(H,81,90)(H,82,91)(H,83,92)(H,84,93)(H,85,95)(H,86,96)/t49-,50-,51-,52-,53-,54-,55+,56+,57-,58-,59-,60-/m0/s1. The maximum absolute atomic E-state index is 15.1. The molecule has 0 saturated carbocycles. The van der Waals surface area contributed by atoms with Gasteiger partial charge >= 0.3 is 0 Å². The van der Waals surface area contributed by atoms with E-state index in [2.05, 4.69) is 53.2 Å². The Kier molecular flexibility index (Phi) is 34.9. The van der Waals surface area contributed by atoms with E-state index >= 15 is 4.79 Å². The molecule has 0 aromatic heterocycles. The van der Waals surface area contributed by atoms with Gasteiger partial charge < -0.3 is 85.9 Å². The van der Waals surface area contributed by atoms with Gasteiger partial charge in [0.2, 0.25) is 70.9 Å². The molecule has 3 aliphatic rings. The molecule has 3 aliphatic heterocycles. The van der Waals surface area contributed by atoms with E-state index in [0.29, 0.717) is 49.7 Å². The molecule has 0 aliphatic carbocycles. The fourth-order valence-corrected chi connectivity index (χ4v) is 12.9. The van der Waals surface area contributed by atoms with Crippen molar-refractivity contribution in [2.45, 2.75) is 243 Å². The van der Waals surface area contributed by atoms with Crippen LogP contribution in [0.4, 0.5) is 0 Å². The Bertz CT molecular complexity index is 3010.